The van der Waals surface area contributed by atoms with E-state index in [9.17, 15) is 19.1 Å². The van der Waals surface area contributed by atoms with Crippen LogP contribution in [0, 0.1) is 11.7 Å². The average Bonchev–Trinajstić information content (AvgIpc) is 3.64. The van der Waals surface area contributed by atoms with Crippen LogP contribution in [0.4, 0.5) is 9.52 Å². The first-order chi connectivity index (χ1) is 20.6. The maximum atomic E-state index is 14.0. The number of carbonyl (C=O) groups is 2. The van der Waals surface area contributed by atoms with Gasteiger partial charge in [0.25, 0.3) is 5.78 Å². The molecule has 1 N–H and O–H groups in total. The van der Waals surface area contributed by atoms with E-state index in [0.717, 1.165) is 29.1 Å². The molecular formula is C33H31FN2O6S. The number of Topliss-reactive ketones (excluding diaryl/α,β-unsaturated/α-hetero) is 1. The second-order valence-corrected chi connectivity index (χ2v) is 12.2. The highest BCUT2D eigenvalue weighted by Gasteiger charge is 2.48. The number of ketones is 1. The van der Waals surface area contributed by atoms with Crippen LogP contribution in [0.2, 0.25) is 0 Å². The molecule has 1 fully saturated rings. The Kier molecular flexibility index (Phi) is 7.56. The second kappa shape index (κ2) is 11.3. The molecule has 10 heteroatoms. The fourth-order valence-electron chi connectivity index (χ4n) is 5.44. The number of ether oxygens (including phenoxy) is 3. The fourth-order valence-corrected chi connectivity index (χ4v) is 6.45. The van der Waals surface area contributed by atoms with Crippen LogP contribution in [0.1, 0.15) is 49.9 Å². The number of amides is 1. The van der Waals surface area contributed by atoms with Gasteiger partial charge in [0.05, 0.1) is 35.5 Å². The number of fused-ring (bicyclic) bond motifs is 2. The molecule has 0 bridgehead atoms. The molecule has 2 atom stereocenters. The third kappa shape index (κ3) is 5.31. The largest absolute Gasteiger partial charge is 0.507 e. The molecule has 2 aliphatic heterocycles. The molecule has 0 radical (unpaired) electrons. The fraction of sp³-hybridized carbons (Fsp3) is 0.303. The van der Waals surface area contributed by atoms with E-state index in [1.807, 2.05) is 6.92 Å². The third-order valence-electron chi connectivity index (χ3n) is 7.62. The molecule has 3 aromatic carbocycles. The number of aliphatic hydroxyl groups is 1. The zero-order valence-electron chi connectivity index (χ0n) is 24.2. The Morgan fingerprint density at radius 1 is 1.14 bits per heavy atom. The van der Waals surface area contributed by atoms with Gasteiger partial charge in [-0.25, -0.2) is 9.37 Å². The standard InChI is InChI=1S/C33H31FN2O6S/c1-17(2)11-12-41-25-10-5-19(15-26(25)40-4)29-28(30(37)20-6-9-24-21(14-20)13-18(3)42-24)31(38)32(39)36(29)33-35-23-8-7-22(34)16-27(23)43-33/h5-10,14-18,29,37H,11-13H2,1-4H3/b30-28+/t18-,29+/m0/s1. The number of aliphatic hydroxyl groups excluding tert-OH is 1. The number of thiazole rings is 1. The summed E-state index contributed by atoms with van der Waals surface area (Å²) in [5.74, 6) is -0.323. The van der Waals surface area contributed by atoms with Crippen molar-refractivity contribution in [1.29, 1.82) is 0 Å². The lowest BCUT2D eigenvalue weighted by Gasteiger charge is -2.24. The summed E-state index contributed by atoms with van der Waals surface area (Å²) in [6.45, 7) is 6.67. The van der Waals surface area contributed by atoms with Gasteiger partial charge in [-0.05, 0) is 78.9 Å². The van der Waals surface area contributed by atoms with E-state index >= 15 is 0 Å². The van der Waals surface area contributed by atoms with Gasteiger partial charge in [-0.1, -0.05) is 31.3 Å². The SMILES string of the molecule is COc1cc([C@@H]2/C(=C(\O)c3ccc4c(c3)C[C@H](C)O4)C(=O)C(=O)N2c2nc3ccc(F)cc3s2)ccc1OCCC(C)C. The maximum absolute atomic E-state index is 14.0. The number of hydrogen-bond acceptors (Lipinski definition) is 8. The summed E-state index contributed by atoms with van der Waals surface area (Å²) < 4.78 is 31.9. The van der Waals surface area contributed by atoms with Gasteiger partial charge in [0.1, 0.15) is 23.4 Å². The van der Waals surface area contributed by atoms with Crippen molar-refractivity contribution in [2.75, 3.05) is 18.6 Å². The van der Waals surface area contributed by atoms with Crippen molar-refractivity contribution in [3.05, 3.63) is 82.7 Å². The molecule has 222 valence electrons. The van der Waals surface area contributed by atoms with Crippen LogP contribution in [-0.4, -0.2) is 41.6 Å². The van der Waals surface area contributed by atoms with Gasteiger partial charge in [-0.15, -0.1) is 0 Å². The zero-order chi connectivity index (χ0) is 30.4. The molecule has 1 aromatic heterocycles. The minimum absolute atomic E-state index is 0.00409. The molecule has 0 unspecified atom stereocenters. The topological polar surface area (TPSA) is 98.2 Å². The monoisotopic (exact) mass is 602 g/mol. The quantitative estimate of drug-likeness (QED) is 0.134. The lowest BCUT2D eigenvalue weighted by atomic mass is 9.94. The zero-order valence-corrected chi connectivity index (χ0v) is 25.0. The van der Waals surface area contributed by atoms with Crippen LogP contribution in [0.3, 0.4) is 0 Å². The lowest BCUT2D eigenvalue weighted by Crippen LogP contribution is -2.29. The Bertz CT molecular complexity index is 1780. The molecule has 0 saturated carbocycles. The number of nitrogens with zero attached hydrogens (tertiary/aromatic N) is 2. The summed E-state index contributed by atoms with van der Waals surface area (Å²) in [4.78, 5) is 33.2. The molecular weight excluding hydrogens is 571 g/mol. The molecule has 4 aromatic rings. The number of anilines is 1. The van der Waals surface area contributed by atoms with E-state index in [2.05, 4.69) is 18.8 Å². The third-order valence-corrected chi connectivity index (χ3v) is 8.63. The molecule has 1 saturated heterocycles. The van der Waals surface area contributed by atoms with E-state index in [1.165, 1.54) is 30.2 Å². The highest BCUT2D eigenvalue weighted by atomic mass is 32.1. The summed E-state index contributed by atoms with van der Waals surface area (Å²) in [7, 11) is 1.51. The van der Waals surface area contributed by atoms with Crippen LogP contribution < -0.4 is 19.1 Å². The first kappa shape index (κ1) is 28.7. The molecule has 0 aliphatic carbocycles. The summed E-state index contributed by atoms with van der Waals surface area (Å²) in [5.41, 5.74) is 2.21. The smallest absolute Gasteiger partial charge is 0.301 e. The Labute approximate surface area is 252 Å². The van der Waals surface area contributed by atoms with E-state index in [1.54, 1.807) is 36.4 Å². The number of carbonyl (C=O) groups excluding carboxylic acids is 2. The van der Waals surface area contributed by atoms with Gasteiger partial charge in [-0.2, -0.15) is 0 Å². The number of halogens is 1. The normalized spacial score (nSPS) is 19.3. The van der Waals surface area contributed by atoms with Crippen LogP contribution >= 0.6 is 11.3 Å². The Hall–Kier alpha value is -4.44. The van der Waals surface area contributed by atoms with Gasteiger partial charge in [0.2, 0.25) is 0 Å². The summed E-state index contributed by atoms with van der Waals surface area (Å²) in [6.07, 6.45) is 1.51. The summed E-state index contributed by atoms with van der Waals surface area (Å²) in [6, 6.07) is 13.5. The molecule has 8 nitrogen and oxygen atoms in total. The maximum Gasteiger partial charge on any atom is 0.301 e. The number of hydrogen-bond donors (Lipinski definition) is 1. The molecule has 2 aliphatic rings. The van der Waals surface area contributed by atoms with Crippen LogP contribution in [0.15, 0.2) is 60.2 Å². The highest BCUT2D eigenvalue weighted by molar-refractivity contribution is 7.22. The van der Waals surface area contributed by atoms with Crippen molar-refractivity contribution in [3.63, 3.8) is 0 Å². The van der Waals surface area contributed by atoms with E-state index in [-0.39, 0.29) is 22.6 Å². The first-order valence-electron chi connectivity index (χ1n) is 14.1. The van der Waals surface area contributed by atoms with E-state index < -0.39 is 23.5 Å². The van der Waals surface area contributed by atoms with Gasteiger partial charge in [0, 0.05) is 12.0 Å². The van der Waals surface area contributed by atoms with Crippen molar-refractivity contribution in [2.24, 2.45) is 5.92 Å². The second-order valence-electron chi connectivity index (χ2n) is 11.2. The average molecular weight is 603 g/mol. The molecule has 43 heavy (non-hydrogen) atoms. The number of rotatable bonds is 8. The minimum Gasteiger partial charge on any atom is -0.507 e. The molecule has 1 amide bonds. The van der Waals surface area contributed by atoms with Crippen molar-refractivity contribution < 1.29 is 33.3 Å². The number of benzene rings is 3. The van der Waals surface area contributed by atoms with Crippen molar-refractivity contribution >= 4 is 44.1 Å². The van der Waals surface area contributed by atoms with Crippen molar-refractivity contribution in [1.82, 2.24) is 4.98 Å². The highest BCUT2D eigenvalue weighted by Crippen LogP contribution is 2.46. The predicted octanol–water partition coefficient (Wildman–Crippen LogP) is 6.82. The van der Waals surface area contributed by atoms with E-state index in [4.69, 9.17) is 14.2 Å². The Balaban J connectivity index is 1.49. The van der Waals surface area contributed by atoms with Gasteiger partial charge in [-0.3, -0.25) is 14.5 Å². The van der Waals surface area contributed by atoms with Crippen LogP contribution in [-0.2, 0) is 16.0 Å². The van der Waals surface area contributed by atoms with Gasteiger partial charge in [0.15, 0.2) is 16.6 Å². The number of methoxy groups -OCH3 is 1. The van der Waals surface area contributed by atoms with Crippen molar-refractivity contribution in [2.45, 2.75) is 45.8 Å². The molecule has 0 spiro atoms. The minimum atomic E-state index is -1.03. The van der Waals surface area contributed by atoms with Gasteiger partial charge >= 0.3 is 5.91 Å². The summed E-state index contributed by atoms with van der Waals surface area (Å²) in [5, 5.41) is 11.9. The van der Waals surface area contributed by atoms with E-state index in [0.29, 0.717) is 51.8 Å². The van der Waals surface area contributed by atoms with Crippen LogP contribution in [0.5, 0.6) is 17.2 Å². The summed E-state index contributed by atoms with van der Waals surface area (Å²) >= 11 is 1.09. The lowest BCUT2D eigenvalue weighted by molar-refractivity contribution is -0.132. The number of aromatic nitrogens is 1. The molecule has 3 heterocycles. The first-order valence-corrected chi connectivity index (χ1v) is 14.9. The Morgan fingerprint density at radius 2 is 1.95 bits per heavy atom. The van der Waals surface area contributed by atoms with Crippen molar-refractivity contribution in [3.8, 4) is 17.2 Å². The van der Waals surface area contributed by atoms with Crippen LogP contribution in [0.25, 0.3) is 16.0 Å². The predicted molar refractivity (Wildman–Crippen MR) is 163 cm³/mol. The molecule has 6 rings (SSSR count). The Morgan fingerprint density at radius 3 is 2.72 bits per heavy atom. The van der Waals surface area contributed by atoms with Gasteiger partial charge < -0.3 is 19.3 Å².